The third-order valence-corrected chi connectivity index (χ3v) is 1.61. The van der Waals surface area contributed by atoms with Crippen molar-refractivity contribution >= 4 is 5.69 Å². The van der Waals surface area contributed by atoms with Crippen molar-refractivity contribution in [2.45, 2.75) is 19.8 Å². The Bertz CT molecular complexity index is 251. The summed E-state index contributed by atoms with van der Waals surface area (Å²) in [6.07, 6.45) is 3.26. The van der Waals surface area contributed by atoms with E-state index in [1.807, 2.05) is 6.92 Å². The molecule has 0 aliphatic rings. The first-order chi connectivity index (χ1) is 5.75. The van der Waals surface area contributed by atoms with Gasteiger partial charge in [0, 0.05) is 12.3 Å². The van der Waals surface area contributed by atoms with Gasteiger partial charge in [-0.1, -0.05) is 13.3 Å². The Kier molecular flexibility index (Phi) is 3.16. The molecule has 0 saturated heterocycles. The van der Waals surface area contributed by atoms with Crippen LogP contribution in [0.2, 0.25) is 0 Å². The van der Waals surface area contributed by atoms with Crippen LogP contribution < -0.4 is 5.23 Å². The van der Waals surface area contributed by atoms with Gasteiger partial charge < -0.3 is 5.21 Å². The fraction of sp³-hybridized carbons (Fsp3) is 0.375. The number of rotatable bonds is 3. The summed E-state index contributed by atoms with van der Waals surface area (Å²) >= 11 is 0. The van der Waals surface area contributed by atoms with Crippen molar-refractivity contribution in [3.05, 3.63) is 29.2 Å². The van der Waals surface area contributed by atoms with Crippen molar-refractivity contribution in [3.8, 4) is 0 Å². The molecule has 12 heavy (non-hydrogen) atoms. The van der Waals surface area contributed by atoms with Crippen LogP contribution in [-0.2, 0) is 6.42 Å². The zero-order valence-electron chi connectivity index (χ0n) is 6.95. The Labute approximate surface area is 71.0 Å². The van der Waals surface area contributed by atoms with E-state index in [0.717, 1.165) is 12.8 Å². The molecule has 0 amide bonds. The van der Waals surface area contributed by atoms with Crippen LogP contribution in [0.15, 0.2) is 18.3 Å². The summed E-state index contributed by atoms with van der Waals surface area (Å²) < 4.78 is 0. The van der Waals surface area contributed by atoms with Crippen LogP contribution in [0.25, 0.3) is 0 Å². The van der Waals surface area contributed by atoms with E-state index in [0.29, 0.717) is 11.4 Å². The molecule has 1 aromatic rings. The first kappa shape index (κ1) is 9.12. The van der Waals surface area contributed by atoms with Gasteiger partial charge >= 0.3 is 0 Å². The summed E-state index contributed by atoms with van der Waals surface area (Å²) in [5.74, 6) is 0. The van der Waals surface area contributed by atoms with Crippen LogP contribution in [0.1, 0.15) is 19.0 Å². The number of quaternary nitrogens is 1. The standard InChI is InChI=1S/C8H12N2O2/c1-2-4-7-8(10(11)12)5-3-6-9-7/h3,5-6,10-11H,2,4H2,1H3. The van der Waals surface area contributed by atoms with Crippen molar-refractivity contribution < 1.29 is 10.4 Å². The minimum Gasteiger partial charge on any atom is -0.595 e. The molecule has 0 spiro atoms. The molecule has 1 atom stereocenters. The first-order valence-corrected chi connectivity index (χ1v) is 3.93. The average molecular weight is 168 g/mol. The van der Waals surface area contributed by atoms with Crippen LogP contribution >= 0.6 is 0 Å². The van der Waals surface area contributed by atoms with Gasteiger partial charge in [0.1, 0.15) is 5.69 Å². The highest BCUT2D eigenvalue weighted by Gasteiger charge is 2.07. The maximum Gasteiger partial charge on any atom is 0.185 e. The van der Waals surface area contributed by atoms with E-state index in [9.17, 15) is 5.21 Å². The Morgan fingerprint density at radius 3 is 3.00 bits per heavy atom. The van der Waals surface area contributed by atoms with Crippen LogP contribution in [0.3, 0.4) is 0 Å². The Balaban J connectivity index is 2.92. The van der Waals surface area contributed by atoms with E-state index in [1.54, 1.807) is 18.3 Å². The van der Waals surface area contributed by atoms with E-state index in [4.69, 9.17) is 5.21 Å². The molecule has 0 saturated carbocycles. The summed E-state index contributed by atoms with van der Waals surface area (Å²) in [6.45, 7) is 2.00. The van der Waals surface area contributed by atoms with Gasteiger partial charge in [-0.2, -0.15) is 5.23 Å². The zero-order chi connectivity index (χ0) is 8.97. The molecule has 0 aromatic carbocycles. The SMILES string of the molecule is CCCc1ncccc1[NH+]([O-])O. The van der Waals surface area contributed by atoms with E-state index in [2.05, 4.69) is 4.98 Å². The lowest BCUT2D eigenvalue weighted by Crippen LogP contribution is -2.99. The third kappa shape index (κ3) is 2.01. The quantitative estimate of drug-likeness (QED) is 0.644. The molecule has 1 heterocycles. The molecule has 4 nitrogen and oxygen atoms in total. The molecule has 4 heteroatoms. The Hall–Kier alpha value is -0.970. The lowest BCUT2D eigenvalue weighted by Gasteiger charge is -2.13. The van der Waals surface area contributed by atoms with E-state index in [-0.39, 0.29) is 0 Å². The molecular formula is C8H12N2O2. The van der Waals surface area contributed by atoms with Gasteiger partial charge in [-0.3, -0.25) is 4.98 Å². The number of pyridine rings is 1. The molecule has 1 aromatic heterocycles. The van der Waals surface area contributed by atoms with E-state index in [1.165, 1.54) is 0 Å². The summed E-state index contributed by atoms with van der Waals surface area (Å²) in [5.41, 5.74) is 0.992. The lowest BCUT2D eigenvalue weighted by atomic mass is 10.2. The Morgan fingerprint density at radius 1 is 1.67 bits per heavy atom. The molecule has 1 unspecified atom stereocenters. The molecule has 2 N–H and O–H groups in total. The minimum absolute atomic E-state index is 0.319. The fourth-order valence-electron chi connectivity index (χ4n) is 1.07. The van der Waals surface area contributed by atoms with Gasteiger partial charge in [0.15, 0.2) is 5.69 Å². The number of nitrogens with zero attached hydrogens (tertiary/aromatic N) is 1. The topological polar surface area (TPSA) is 60.6 Å². The van der Waals surface area contributed by atoms with Gasteiger partial charge in [-0.05, 0) is 12.5 Å². The molecule has 0 aliphatic carbocycles. The molecule has 0 fully saturated rings. The monoisotopic (exact) mass is 168 g/mol. The van der Waals surface area contributed by atoms with Crippen molar-refractivity contribution in [3.63, 3.8) is 0 Å². The molecule has 66 valence electrons. The maximum atomic E-state index is 10.7. The van der Waals surface area contributed by atoms with Gasteiger partial charge in [0.05, 0.1) is 0 Å². The number of hydrogen-bond acceptors (Lipinski definition) is 3. The molecular weight excluding hydrogens is 156 g/mol. The average Bonchev–Trinajstić information content (AvgIpc) is 2.05. The molecule has 0 radical (unpaired) electrons. The number of aromatic nitrogens is 1. The first-order valence-electron chi connectivity index (χ1n) is 3.93. The van der Waals surface area contributed by atoms with E-state index < -0.39 is 5.23 Å². The highest BCUT2D eigenvalue weighted by molar-refractivity contribution is 5.33. The zero-order valence-corrected chi connectivity index (χ0v) is 6.95. The second kappa shape index (κ2) is 4.15. The predicted octanol–water partition coefficient (Wildman–Crippen LogP) is 0.438. The predicted molar refractivity (Wildman–Crippen MR) is 44.0 cm³/mol. The van der Waals surface area contributed by atoms with Gasteiger partial charge in [-0.15, -0.1) is 0 Å². The fourth-order valence-corrected chi connectivity index (χ4v) is 1.07. The summed E-state index contributed by atoms with van der Waals surface area (Å²) in [7, 11) is 0. The summed E-state index contributed by atoms with van der Waals surface area (Å²) in [4.78, 5) is 4.01. The Morgan fingerprint density at radius 2 is 2.42 bits per heavy atom. The second-order valence-electron chi connectivity index (χ2n) is 2.55. The largest absolute Gasteiger partial charge is 0.595 e. The van der Waals surface area contributed by atoms with Crippen LogP contribution in [0, 0.1) is 5.21 Å². The number of aryl methyl sites for hydroxylation is 1. The van der Waals surface area contributed by atoms with Crippen LogP contribution in [0.4, 0.5) is 5.69 Å². The van der Waals surface area contributed by atoms with Gasteiger partial charge in [-0.25, -0.2) is 5.21 Å². The van der Waals surface area contributed by atoms with Gasteiger partial charge in [0.25, 0.3) is 0 Å². The van der Waals surface area contributed by atoms with Crippen LogP contribution in [0.5, 0.6) is 0 Å². The summed E-state index contributed by atoms with van der Waals surface area (Å²) in [6, 6.07) is 3.23. The van der Waals surface area contributed by atoms with Crippen molar-refractivity contribution in [2.75, 3.05) is 0 Å². The minimum atomic E-state index is -0.897. The molecule has 1 rings (SSSR count). The van der Waals surface area contributed by atoms with Crippen molar-refractivity contribution in [1.82, 2.24) is 4.98 Å². The third-order valence-electron chi connectivity index (χ3n) is 1.61. The highest BCUT2D eigenvalue weighted by atomic mass is 16.8. The smallest absolute Gasteiger partial charge is 0.185 e. The van der Waals surface area contributed by atoms with Gasteiger partial charge in [0.2, 0.25) is 0 Å². The number of nitrogens with one attached hydrogen (secondary N) is 1. The van der Waals surface area contributed by atoms with Crippen LogP contribution in [-0.4, -0.2) is 10.2 Å². The van der Waals surface area contributed by atoms with E-state index >= 15 is 0 Å². The second-order valence-corrected chi connectivity index (χ2v) is 2.55. The van der Waals surface area contributed by atoms with Crippen molar-refractivity contribution in [2.24, 2.45) is 0 Å². The molecule has 0 bridgehead atoms. The highest BCUT2D eigenvalue weighted by Crippen LogP contribution is 2.08. The number of hydrogen-bond donors (Lipinski definition) is 2. The summed E-state index contributed by atoms with van der Waals surface area (Å²) in [5, 5.41) is 18.5. The normalized spacial score (nSPS) is 12.9. The molecule has 0 aliphatic heterocycles. The lowest BCUT2D eigenvalue weighted by molar-refractivity contribution is -0.991. The van der Waals surface area contributed by atoms with Crippen molar-refractivity contribution in [1.29, 1.82) is 0 Å². The maximum absolute atomic E-state index is 10.7.